The summed E-state index contributed by atoms with van der Waals surface area (Å²) in [6, 6.07) is 0. The van der Waals surface area contributed by atoms with Crippen molar-refractivity contribution in [3.05, 3.63) is 0 Å². The topological polar surface area (TPSA) is 34.1 Å². The van der Waals surface area contributed by atoms with E-state index in [0.29, 0.717) is 0 Å². The zero-order chi connectivity index (χ0) is 7.28. The SMILES string of the molecule is CCCC(C)[C](=O)[Sn]=[O]. The number of rotatable bonds is 4. The molecule has 0 bridgehead atoms. The Bertz CT molecular complexity index is 112. The molecule has 3 heteroatoms. The van der Waals surface area contributed by atoms with Gasteiger partial charge in [-0.2, -0.15) is 0 Å². The van der Waals surface area contributed by atoms with Gasteiger partial charge in [0.05, 0.1) is 0 Å². The maximum atomic E-state index is 10.7. The first kappa shape index (κ1) is 9.27. The van der Waals surface area contributed by atoms with E-state index in [9.17, 15) is 7.87 Å². The van der Waals surface area contributed by atoms with Gasteiger partial charge in [-0.05, 0) is 0 Å². The van der Waals surface area contributed by atoms with Gasteiger partial charge >= 0.3 is 65.4 Å². The Kier molecular flexibility index (Phi) is 5.24. The molecule has 1 radical (unpaired) electrons. The average molecular weight is 234 g/mol. The van der Waals surface area contributed by atoms with Crippen LogP contribution in [-0.2, 0) is 7.87 Å². The van der Waals surface area contributed by atoms with Crippen LogP contribution in [0.2, 0.25) is 0 Å². The molecule has 0 N–H and O–H groups in total. The summed E-state index contributed by atoms with van der Waals surface area (Å²) in [6.45, 7) is 3.88. The van der Waals surface area contributed by atoms with Crippen LogP contribution in [0.4, 0.5) is 0 Å². The van der Waals surface area contributed by atoms with Gasteiger partial charge in [-0.25, -0.2) is 0 Å². The third kappa shape index (κ3) is 3.78. The number of carbonyl (C=O) groups is 1. The standard InChI is InChI=1S/C6H11O.O.Sn/c1-3-4-6(2)5-7;;/h6H,3-4H2,1-2H3;;. The molecule has 0 aliphatic rings. The van der Waals surface area contributed by atoms with Gasteiger partial charge in [0.25, 0.3) is 0 Å². The second-order valence-electron chi connectivity index (χ2n) is 2.16. The van der Waals surface area contributed by atoms with Crippen LogP contribution in [0.5, 0.6) is 0 Å². The minimum atomic E-state index is -1.86. The monoisotopic (exact) mass is 235 g/mol. The predicted molar refractivity (Wildman–Crippen MR) is 35.5 cm³/mol. The molecule has 0 spiro atoms. The zero-order valence-corrected chi connectivity index (χ0v) is 8.66. The third-order valence-electron chi connectivity index (χ3n) is 1.27. The van der Waals surface area contributed by atoms with Gasteiger partial charge in [-0.15, -0.1) is 0 Å². The van der Waals surface area contributed by atoms with Crippen molar-refractivity contribution in [1.29, 1.82) is 0 Å². The normalized spacial score (nSPS) is 12.7. The summed E-state index contributed by atoms with van der Waals surface area (Å²) in [6.07, 6.45) is 1.90. The van der Waals surface area contributed by atoms with E-state index in [1.54, 1.807) is 0 Å². The van der Waals surface area contributed by atoms with Crippen molar-refractivity contribution >= 4 is 24.9 Å². The number of hydrogen-bond donors (Lipinski definition) is 0. The first-order valence-corrected chi connectivity index (χ1v) is 5.73. The summed E-state index contributed by atoms with van der Waals surface area (Å²) in [5.41, 5.74) is 0. The van der Waals surface area contributed by atoms with Crippen molar-refractivity contribution in [2.24, 2.45) is 5.92 Å². The molecule has 0 fully saturated rings. The molecule has 1 atom stereocenters. The molecule has 0 aromatic carbocycles. The summed E-state index contributed by atoms with van der Waals surface area (Å²) >= 11 is -1.86. The Hall–Kier alpha value is 0.269. The minimum absolute atomic E-state index is 0.0143. The first-order chi connectivity index (χ1) is 4.22. The third-order valence-corrected chi connectivity index (χ3v) is 3.25. The second-order valence-corrected chi connectivity index (χ2v) is 4.15. The van der Waals surface area contributed by atoms with Gasteiger partial charge in [0.1, 0.15) is 0 Å². The van der Waals surface area contributed by atoms with Gasteiger partial charge in [0.2, 0.25) is 0 Å². The summed E-state index contributed by atoms with van der Waals surface area (Å²) in [7, 11) is 0. The van der Waals surface area contributed by atoms with E-state index in [4.69, 9.17) is 0 Å². The second kappa shape index (κ2) is 5.09. The molecular weight excluding hydrogens is 223 g/mol. The van der Waals surface area contributed by atoms with E-state index in [1.807, 2.05) is 13.8 Å². The van der Waals surface area contributed by atoms with Gasteiger partial charge in [-0.3, -0.25) is 0 Å². The molecule has 2 nitrogen and oxygen atoms in total. The number of hydrogen-bond acceptors (Lipinski definition) is 2. The van der Waals surface area contributed by atoms with Gasteiger partial charge in [0, 0.05) is 0 Å². The molecule has 0 saturated heterocycles. The van der Waals surface area contributed by atoms with Crippen LogP contribution in [0.1, 0.15) is 26.7 Å². The summed E-state index contributed by atoms with van der Waals surface area (Å²) in [5, 5.41) is 0. The van der Waals surface area contributed by atoms with E-state index in [2.05, 4.69) is 0 Å². The Balaban J connectivity index is 3.58. The molecule has 0 aliphatic heterocycles. The number of carbonyl (C=O) groups excluding carboxylic acids is 1. The summed E-state index contributed by atoms with van der Waals surface area (Å²) < 4.78 is 10.2. The predicted octanol–water partition coefficient (Wildman–Crippen LogP) is 0.999. The molecule has 9 heavy (non-hydrogen) atoms. The van der Waals surface area contributed by atoms with Crippen molar-refractivity contribution in [3.8, 4) is 0 Å². The molecule has 0 saturated carbocycles. The fourth-order valence-corrected chi connectivity index (χ4v) is 1.65. The van der Waals surface area contributed by atoms with Crippen molar-refractivity contribution in [3.63, 3.8) is 0 Å². The summed E-state index contributed by atoms with van der Waals surface area (Å²) in [4.78, 5) is 10.7. The van der Waals surface area contributed by atoms with Crippen molar-refractivity contribution in [1.82, 2.24) is 0 Å². The van der Waals surface area contributed by atoms with E-state index in [1.165, 1.54) is 0 Å². The van der Waals surface area contributed by atoms with Crippen molar-refractivity contribution in [2.45, 2.75) is 26.7 Å². The van der Waals surface area contributed by atoms with Gasteiger partial charge in [-0.1, -0.05) is 0 Å². The van der Waals surface area contributed by atoms with Crippen LogP contribution in [0.3, 0.4) is 0 Å². The molecule has 0 amide bonds. The van der Waals surface area contributed by atoms with Gasteiger partial charge < -0.3 is 0 Å². The molecule has 0 aromatic rings. The Morgan fingerprint density at radius 1 is 1.67 bits per heavy atom. The van der Waals surface area contributed by atoms with Crippen molar-refractivity contribution in [2.75, 3.05) is 0 Å². The van der Waals surface area contributed by atoms with E-state index >= 15 is 0 Å². The van der Waals surface area contributed by atoms with Crippen LogP contribution >= 0.6 is 0 Å². The van der Waals surface area contributed by atoms with E-state index in [-0.39, 0.29) is 9.72 Å². The maximum absolute atomic E-state index is 10.7. The molecule has 0 aromatic heterocycles. The van der Waals surface area contributed by atoms with Crippen LogP contribution in [0.25, 0.3) is 0 Å². The molecule has 0 aliphatic carbocycles. The van der Waals surface area contributed by atoms with E-state index < -0.39 is 21.1 Å². The van der Waals surface area contributed by atoms with Gasteiger partial charge in [0.15, 0.2) is 0 Å². The Morgan fingerprint density at radius 2 is 2.22 bits per heavy atom. The zero-order valence-electron chi connectivity index (χ0n) is 5.81. The fourth-order valence-electron chi connectivity index (χ4n) is 0.665. The Labute approximate surface area is 65.6 Å². The quantitative estimate of drug-likeness (QED) is 0.679. The average Bonchev–Trinajstić information content (AvgIpc) is 1.87. The van der Waals surface area contributed by atoms with Crippen LogP contribution in [0.15, 0.2) is 0 Å². The molecule has 51 valence electrons. The van der Waals surface area contributed by atoms with Crippen LogP contribution in [-0.4, -0.2) is 24.9 Å². The fraction of sp³-hybridized carbons (Fsp3) is 0.833. The Morgan fingerprint density at radius 3 is 2.56 bits per heavy atom. The first-order valence-electron chi connectivity index (χ1n) is 3.14. The molecule has 0 heterocycles. The van der Waals surface area contributed by atoms with Crippen molar-refractivity contribution < 1.29 is 7.87 Å². The van der Waals surface area contributed by atoms with Crippen LogP contribution in [0, 0.1) is 5.92 Å². The molecular formula is C6H11O2Sn. The molecule has 0 rings (SSSR count). The molecule has 1 unspecified atom stereocenters. The van der Waals surface area contributed by atoms with Crippen LogP contribution < -0.4 is 0 Å². The summed E-state index contributed by atoms with van der Waals surface area (Å²) in [5.74, 6) is 0.0547. The van der Waals surface area contributed by atoms with E-state index in [0.717, 1.165) is 12.8 Å².